The molecule has 0 atom stereocenters. The summed E-state index contributed by atoms with van der Waals surface area (Å²) in [6.45, 7) is 0. The van der Waals surface area contributed by atoms with Gasteiger partial charge in [0.15, 0.2) is 5.69 Å². The minimum atomic E-state index is 0.410. The van der Waals surface area contributed by atoms with Crippen LogP contribution in [0.15, 0.2) is 35.0 Å². The van der Waals surface area contributed by atoms with Gasteiger partial charge in [0.05, 0.1) is 12.6 Å². The molecule has 0 spiro atoms. The van der Waals surface area contributed by atoms with Gasteiger partial charge in [-0.1, -0.05) is 23.4 Å². The van der Waals surface area contributed by atoms with Gasteiger partial charge in [0.25, 0.3) is 0 Å². The average Bonchev–Trinajstić information content (AvgIpc) is 3.02. The number of aromatic nitrogens is 5. The number of nitrogens with zero attached hydrogens (tertiary/aromatic N) is 4. The van der Waals surface area contributed by atoms with E-state index < -0.39 is 0 Å². The zero-order valence-corrected chi connectivity index (χ0v) is 9.37. The van der Waals surface area contributed by atoms with E-state index in [4.69, 9.17) is 10.3 Å². The number of para-hydroxylation sites is 1. The quantitative estimate of drug-likeness (QED) is 0.664. The maximum Gasteiger partial charge on any atom is 0.231 e. The maximum atomic E-state index is 5.85. The summed E-state index contributed by atoms with van der Waals surface area (Å²) >= 11 is 0. The summed E-state index contributed by atoms with van der Waals surface area (Å²) in [5.41, 5.74) is 8.06. The first-order chi connectivity index (χ1) is 8.83. The summed E-state index contributed by atoms with van der Waals surface area (Å²) in [6.07, 6.45) is 2.03. The van der Waals surface area contributed by atoms with Crippen molar-refractivity contribution in [2.45, 2.75) is 6.42 Å². The zero-order valence-electron chi connectivity index (χ0n) is 9.37. The second-order valence-electron chi connectivity index (χ2n) is 3.74. The molecule has 2 aromatic heterocycles. The van der Waals surface area contributed by atoms with Crippen LogP contribution in [0.1, 0.15) is 11.5 Å². The molecule has 1 aromatic carbocycles. The second-order valence-corrected chi connectivity index (χ2v) is 3.74. The van der Waals surface area contributed by atoms with Crippen LogP contribution in [0.3, 0.4) is 0 Å². The van der Waals surface area contributed by atoms with E-state index in [0.29, 0.717) is 29.5 Å². The van der Waals surface area contributed by atoms with Crippen molar-refractivity contribution < 1.29 is 4.52 Å². The summed E-state index contributed by atoms with van der Waals surface area (Å²) in [5.74, 6) is 0.902. The first-order valence-corrected chi connectivity index (χ1v) is 5.35. The Labute approximate surface area is 102 Å². The van der Waals surface area contributed by atoms with Gasteiger partial charge in [-0.2, -0.15) is 20.4 Å². The molecular weight excluding hydrogens is 232 g/mol. The molecule has 90 valence electrons. The molecule has 0 aliphatic rings. The van der Waals surface area contributed by atoms with Gasteiger partial charge in [-0.3, -0.25) is 0 Å². The molecule has 0 saturated heterocycles. The topological polar surface area (TPSA) is 107 Å². The van der Waals surface area contributed by atoms with Crippen molar-refractivity contribution in [1.29, 1.82) is 0 Å². The Hall–Kier alpha value is -2.70. The molecule has 7 nitrogen and oxygen atoms in total. The molecule has 0 amide bonds. The molecule has 0 unspecified atom stereocenters. The number of nitrogen functional groups attached to an aromatic ring is 1. The number of anilines is 1. The summed E-state index contributed by atoms with van der Waals surface area (Å²) in [4.78, 5) is 4.23. The number of rotatable bonds is 3. The van der Waals surface area contributed by atoms with E-state index in [2.05, 4.69) is 25.6 Å². The molecule has 0 bridgehead atoms. The van der Waals surface area contributed by atoms with Crippen LogP contribution in [0.5, 0.6) is 0 Å². The minimum absolute atomic E-state index is 0.410. The lowest BCUT2D eigenvalue weighted by Gasteiger charge is -2.00. The summed E-state index contributed by atoms with van der Waals surface area (Å²) in [6, 6.07) is 7.56. The summed E-state index contributed by atoms with van der Waals surface area (Å²) in [5, 5.41) is 13.9. The van der Waals surface area contributed by atoms with E-state index in [1.807, 2.05) is 24.3 Å². The Balaban J connectivity index is 1.85. The van der Waals surface area contributed by atoms with Crippen molar-refractivity contribution in [2.24, 2.45) is 0 Å². The molecule has 0 saturated carbocycles. The van der Waals surface area contributed by atoms with E-state index in [1.54, 1.807) is 0 Å². The molecule has 7 heteroatoms. The van der Waals surface area contributed by atoms with Crippen molar-refractivity contribution in [3.63, 3.8) is 0 Å². The minimum Gasteiger partial charge on any atom is -0.398 e. The van der Waals surface area contributed by atoms with E-state index in [0.717, 1.165) is 5.56 Å². The van der Waals surface area contributed by atoms with Gasteiger partial charge in [0.2, 0.25) is 11.7 Å². The van der Waals surface area contributed by atoms with Crippen molar-refractivity contribution in [1.82, 2.24) is 25.6 Å². The van der Waals surface area contributed by atoms with Crippen LogP contribution in [0.25, 0.3) is 11.5 Å². The Morgan fingerprint density at radius 2 is 2.17 bits per heavy atom. The van der Waals surface area contributed by atoms with Crippen molar-refractivity contribution in [3.05, 3.63) is 41.9 Å². The van der Waals surface area contributed by atoms with Gasteiger partial charge >= 0.3 is 0 Å². The van der Waals surface area contributed by atoms with Crippen LogP contribution >= 0.6 is 0 Å². The van der Waals surface area contributed by atoms with Gasteiger partial charge < -0.3 is 10.3 Å². The predicted molar refractivity (Wildman–Crippen MR) is 63.3 cm³/mol. The summed E-state index contributed by atoms with van der Waals surface area (Å²) < 4.78 is 5.15. The molecular formula is C11H10N6O. The van der Waals surface area contributed by atoms with E-state index in [1.165, 1.54) is 6.20 Å². The molecule has 3 N–H and O–H groups in total. The highest BCUT2D eigenvalue weighted by Crippen LogP contribution is 2.17. The van der Waals surface area contributed by atoms with Crippen LogP contribution in [-0.2, 0) is 6.42 Å². The lowest BCUT2D eigenvalue weighted by atomic mass is 10.1. The molecule has 0 fully saturated rings. The number of hydrogen-bond donors (Lipinski definition) is 2. The van der Waals surface area contributed by atoms with Gasteiger partial charge in [0, 0.05) is 5.69 Å². The highest BCUT2D eigenvalue weighted by molar-refractivity contribution is 5.48. The zero-order chi connectivity index (χ0) is 12.4. The van der Waals surface area contributed by atoms with Gasteiger partial charge in [-0.25, -0.2) is 0 Å². The third-order valence-corrected chi connectivity index (χ3v) is 2.51. The number of nitrogens with one attached hydrogen (secondary N) is 1. The SMILES string of the molecule is Nc1ccccc1Cc1nc(-c2cn[nH]n2)no1. The normalized spacial score (nSPS) is 10.7. The Morgan fingerprint density at radius 3 is 2.94 bits per heavy atom. The van der Waals surface area contributed by atoms with Crippen molar-refractivity contribution in [2.75, 3.05) is 5.73 Å². The third-order valence-electron chi connectivity index (χ3n) is 2.51. The number of hydrogen-bond acceptors (Lipinski definition) is 6. The number of H-pyrrole nitrogens is 1. The largest absolute Gasteiger partial charge is 0.398 e. The van der Waals surface area contributed by atoms with Crippen LogP contribution in [-0.4, -0.2) is 25.6 Å². The van der Waals surface area contributed by atoms with Crippen LogP contribution in [0.4, 0.5) is 5.69 Å². The maximum absolute atomic E-state index is 5.85. The average molecular weight is 242 g/mol. The Morgan fingerprint density at radius 1 is 1.28 bits per heavy atom. The monoisotopic (exact) mass is 242 g/mol. The Bertz CT molecular complexity index is 645. The summed E-state index contributed by atoms with van der Waals surface area (Å²) in [7, 11) is 0. The fourth-order valence-corrected chi connectivity index (χ4v) is 1.60. The standard InChI is InChI=1S/C11H10N6O/c12-8-4-2-1-3-7(8)5-10-14-11(16-18-10)9-6-13-17-15-9/h1-4,6H,5,12H2,(H,13,15,17). The highest BCUT2D eigenvalue weighted by atomic mass is 16.5. The van der Waals surface area contributed by atoms with Gasteiger partial charge in [-0.05, 0) is 11.6 Å². The number of aromatic amines is 1. The smallest absolute Gasteiger partial charge is 0.231 e. The molecule has 3 aromatic rings. The van der Waals surface area contributed by atoms with Crippen LogP contribution in [0.2, 0.25) is 0 Å². The lowest BCUT2D eigenvalue weighted by Crippen LogP contribution is -1.95. The van der Waals surface area contributed by atoms with Gasteiger partial charge in [-0.15, -0.1) is 0 Å². The fourth-order valence-electron chi connectivity index (χ4n) is 1.60. The van der Waals surface area contributed by atoms with Crippen LogP contribution < -0.4 is 5.73 Å². The number of nitrogens with two attached hydrogens (primary N) is 1. The van der Waals surface area contributed by atoms with Crippen LogP contribution in [0, 0.1) is 0 Å². The van der Waals surface area contributed by atoms with E-state index in [-0.39, 0.29) is 0 Å². The predicted octanol–water partition coefficient (Wildman–Crippen LogP) is 1.03. The number of benzene rings is 1. The van der Waals surface area contributed by atoms with E-state index >= 15 is 0 Å². The molecule has 2 heterocycles. The molecule has 18 heavy (non-hydrogen) atoms. The second kappa shape index (κ2) is 4.28. The molecule has 3 rings (SSSR count). The third kappa shape index (κ3) is 1.93. The van der Waals surface area contributed by atoms with Crippen molar-refractivity contribution in [3.8, 4) is 11.5 Å². The Kier molecular flexibility index (Phi) is 2.49. The molecule has 0 radical (unpaired) electrons. The van der Waals surface area contributed by atoms with Crippen molar-refractivity contribution >= 4 is 5.69 Å². The van der Waals surface area contributed by atoms with E-state index in [9.17, 15) is 0 Å². The first-order valence-electron chi connectivity index (χ1n) is 5.35. The molecule has 0 aliphatic heterocycles. The first kappa shape index (κ1) is 10.5. The van der Waals surface area contributed by atoms with Gasteiger partial charge in [0.1, 0.15) is 0 Å². The lowest BCUT2D eigenvalue weighted by molar-refractivity contribution is 0.385. The highest BCUT2D eigenvalue weighted by Gasteiger charge is 2.12. The molecule has 0 aliphatic carbocycles. The fraction of sp³-hybridized carbons (Fsp3) is 0.0909.